The monoisotopic (exact) mass is 498 g/mol. The molecule has 0 spiro atoms. The average molecular weight is 499 g/mol. The van der Waals surface area contributed by atoms with Crippen LogP contribution >= 0.6 is 11.6 Å². The lowest BCUT2D eigenvalue weighted by molar-refractivity contribution is 0.0716. The van der Waals surface area contributed by atoms with Crippen molar-refractivity contribution in [1.82, 2.24) is 20.1 Å². The van der Waals surface area contributed by atoms with Gasteiger partial charge in [0.25, 0.3) is 5.91 Å². The molecule has 6 rings (SSSR count). The van der Waals surface area contributed by atoms with Crippen molar-refractivity contribution < 1.29 is 13.6 Å². The highest BCUT2D eigenvalue weighted by atomic mass is 35.5. The standard InChI is InChI=1S/C28H20ClFN4O2/c29-19-9-5-18(6-10-19)27-33-32-26(36-27)16-34(21-13-14-21)28(35)23-15-25(17-7-11-20(30)12-8-17)31-24-4-2-1-3-22(23)24/h1-12,15,21H,13-14,16H2. The first-order valence-electron chi connectivity index (χ1n) is 11.6. The predicted molar refractivity (Wildman–Crippen MR) is 135 cm³/mol. The summed E-state index contributed by atoms with van der Waals surface area (Å²) in [4.78, 5) is 20.4. The number of pyridine rings is 1. The minimum atomic E-state index is -0.326. The summed E-state index contributed by atoms with van der Waals surface area (Å²) >= 11 is 5.97. The van der Waals surface area contributed by atoms with E-state index in [2.05, 4.69) is 10.2 Å². The molecule has 178 valence electrons. The normalized spacial score (nSPS) is 13.2. The lowest BCUT2D eigenvalue weighted by atomic mass is 10.0. The molecule has 0 aliphatic heterocycles. The predicted octanol–water partition coefficient (Wildman–Crippen LogP) is 6.55. The van der Waals surface area contributed by atoms with Crippen molar-refractivity contribution in [1.29, 1.82) is 0 Å². The quantitative estimate of drug-likeness (QED) is 0.265. The molecule has 0 radical (unpaired) electrons. The van der Waals surface area contributed by atoms with Gasteiger partial charge in [0.1, 0.15) is 5.82 Å². The van der Waals surface area contributed by atoms with Crippen LogP contribution in [0.1, 0.15) is 29.1 Å². The highest BCUT2D eigenvalue weighted by Crippen LogP contribution is 2.33. The number of carbonyl (C=O) groups is 1. The van der Waals surface area contributed by atoms with Crippen LogP contribution in [0.3, 0.4) is 0 Å². The molecule has 36 heavy (non-hydrogen) atoms. The highest BCUT2D eigenvalue weighted by molar-refractivity contribution is 6.30. The maximum absolute atomic E-state index is 13.9. The summed E-state index contributed by atoms with van der Waals surface area (Å²) in [6, 6.07) is 22.6. The van der Waals surface area contributed by atoms with Crippen molar-refractivity contribution in [2.45, 2.75) is 25.4 Å². The van der Waals surface area contributed by atoms with Gasteiger partial charge in [-0.3, -0.25) is 4.79 Å². The minimum Gasteiger partial charge on any atom is -0.419 e. The second-order valence-corrected chi connectivity index (χ2v) is 9.19. The van der Waals surface area contributed by atoms with E-state index in [4.69, 9.17) is 21.0 Å². The maximum Gasteiger partial charge on any atom is 0.255 e. The topological polar surface area (TPSA) is 72.1 Å². The highest BCUT2D eigenvalue weighted by Gasteiger charge is 2.35. The summed E-state index contributed by atoms with van der Waals surface area (Å²) in [6.45, 7) is 0.201. The van der Waals surface area contributed by atoms with Crippen molar-refractivity contribution in [2.24, 2.45) is 0 Å². The zero-order chi connectivity index (χ0) is 24.6. The number of fused-ring (bicyclic) bond motifs is 1. The van der Waals surface area contributed by atoms with Crippen LogP contribution in [0.15, 0.2) is 83.3 Å². The Bertz CT molecular complexity index is 1560. The Morgan fingerprint density at radius 1 is 0.972 bits per heavy atom. The summed E-state index contributed by atoms with van der Waals surface area (Å²) in [5.41, 5.74) is 3.33. The lowest BCUT2D eigenvalue weighted by Gasteiger charge is -2.22. The Hall–Kier alpha value is -4.10. The number of aromatic nitrogens is 3. The number of halogens is 2. The van der Waals surface area contributed by atoms with Crippen molar-refractivity contribution >= 4 is 28.4 Å². The first-order valence-corrected chi connectivity index (χ1v) is 12.0. The fourth-order valence-electron chi connectivity index (χ4n) is 4.20. The van der Waals surface area contributed by atoms with E-state index in [9.17, 15) is 9.18 Å². The Labute approximate surface area is 211 Å². The third-order valence-electron chi connectivity index (χ3n) is 6.20. The molecular weight excluding hydrogens is 479 g/mol. The van der Waals surface area contributed by atoms with E-state index in [0.717, 1.165) is 29.4 Å². The number of hydrogen-bond acceptors (Lipinski definition) is 5. The van der Waals surface area contributed by atoms with E-state index in [1.165, 1.54) is 12.1 Å². The first-order chi connectivity index (χ1) is 17.5. The lowest BCUT2D eigenvalue weighted by Crippen LogP contribution is -2.33. The van der Waals surface area contributed by atoms with E-state index < -0.39 is 0 Å². The van der Waals surface area contributed by atoms with Gasteiger partial charge in [0.05, 0.1) is 23.3 Å². The summed E-state index contributed by atoms with van der Waals surface area (Å²) in [6.07, 6.45) is 1.83. The van der Waals surface area contributed by atoms with E-state index >= 15 is 0 Å². The molecule has 0 atom stereocenters. The molecule has 5 aromatic rings. The molecule has 0 unspecified atom stereocenters. The Morgan fingerprint density at radius 3 is 2.44 bits per heavy atom. The zero-order valence-electron chi connectivity index (χ0n) is 19.1. The third kappa shape index (κ3) is 4.45. The number of carbonyl (C=O) groups excluding carboxylic acids is 1. The molecule has 3 aromatic carbocycles. The molecule has 0 saturated heterocycles. The van der Waals surface area contributed by atoms with Crippen LogP contribution in [0.5, 0.6) is 0 Å². The van der Waals surface area contributed by atoms with E-state index in [-0.39, 0.29) is 24.3 Å². The van der Waals surface area contributed by atoms with Gasteiger partial charge in [-0.15, -0.1) is 10.2 Å². The fourth-order valence-corrected chi connectivity index (χ4v) is 4.33. The number of hydrogen-bond donors (Lipinski definition) is 0. The van der Waals surface area contributed by atoms with Gasteiger partial charge in [-0.25, -0.2) is 9.37 Å². The number of para-hydroxylation sites is 1. The summed E-state index contributed by atoms with van der Waals surface area (Å²) in [5.74, 6) is 0.272. The Kier molecular flexibility index (Phi) is 5.70. The smallest absolute Gasteiger partial charge is 0.255 e. The number of amides is 1. The Morgan fingerprint density at radius 2 is 1.69 bits per heavy atom. The molecule has 1 amide bonds. The molecule has 2 heterocycles. The molecular formula is C28H20ClFN4O2. The molecule has 0 bridgehead atoms. The second-order valence-electron chi connectivity index (χ2n) is 8.75. The van der Waals surface area contributed by atoms with Crippen LogP contribution in [0.2, 0.25) is 5.02 Å². The number of rotatable bonds is 6. The zero-order valence-corrected chi connectivity index (χ0v) is 19.8. The molecule has 1 aliphatic carbocycles. The summed E-state index contributed by atoms with van der Waals surface area (Å²) in [7, 11) is 0. The van der Waals surface area contributed by atoms with Crippen LogP contribution in [0.4, 0.5) is 4.39 Å². The van der Waals surface area contributed by atoms with Crippen LogP contribution in [0, 0.1) is 5.82 Å². The molecule has 0 N–H and O–H groups in total. The molecule has 1 saturated carbocycles. The molecule has 1 aliphatic rings. The second kappa shape index (κ2) is 9.17. The van der Waals surface area contributed by atoms with E-state index in [0.29, 0.717) is 33.6 Å². The molecule has 2 aromatic heterocycles. The summed E-state index contributed by atoms with van der Waals surface area (Å²) in [5, 5.41) is 9.71. The minimum absolute atomic E-state index is 0.101. The van der Waals surface area contributed by atoms with Gasteiger partial charge in [-0.1, -0.05) is 29.8 Å². The van der Waals surface area contributed by atoms with Gasteiger partial charge >= 0.3 is 0 Å². The van der Waals surface area contributed by atoms with Crippen molar-refractivity contribution in [3.8, 4) is 22.7 Å². The van der Waals surface area contributed by atoms with Crippen LogP contribution in [-0.4, -0.2) is 32.0 Å². The van der Waals surface area contributed by atoms with Crippen molar-refractivity contribution in [3.05, 3.63) is 101 Å². The van der Waals surface area contributed by atoms with Crippen LogP contribution in [0.25, 0.3) is 33.6 Å². The van der Waals surface area contributed by atoms with Gasteiger partial charge in [-0.05, 0) is 73.5 Å². The van der Waals surface area contributed by atoms with Crippen molar-refractivity contribution in [2.75, 3.05) is 0 Å². The summed E-state index contributed by atoms with van der Waals surface area (Å²) < 4.78 is 19.4. The first kappa shape index (κ1) is 22.4. The largest absolute Gasteiger partial charge is 0.419 e. The van der Waals surface area contributed by atoms with Crippen LogP contribution in [-0.2, 0) is 6.54 Å². The van der Waals surface area contributed by atoms with Crippen LogP contribution < -0.4 is 0 Å². The molecule has 1 fully saturated rings. The van der Waals surface area contributed by atoms with Gasteiger partial charge in [0.2, 0.25) is 11.8 Å². The maximum atomic E-state index is 13.9. The third-order valence-corrected chi connectivity index (χ3v) is 6.45. The van der Waals surface area contributed by atoms with E-state index in [1.807, 2.05) is 36.4 Å². The number of benzene rings is 3. The van der Waals surface area contributed by atoms with E-state index in [1.54, 1.807) is 35.2 Å². The fraction of sp³-hybridized carbons (Fsp3) is 0.143. The number of nitrogens with zero attached hydrogens (tertiary/aromatic N) is 4. The Balaban J connectivity index is 1.35. The van der Waals surface area contributed by atoms with Crippen molar-refractivity contribution in [3.63, 3.8) is 0 Å². The average Bonchev–Trinajstić information content (AvgIpc) is 3.64. The molecule has 8 heteroatoms. The molecule has 6 nitrogen and oxygen atoms in total. The van der Waals surface area contributed by atoms with Gasteiger partial charge in [-0.2, -0.15) is 0 Å². The van der Waals surface area contributed by atoms with Gasteiger partial charge in [0.15, 0.2) is 0 Å². The SMILES string of the molecule is O=C(c1cc(-c2ccc(F)cc2)nc2ccccc12)N(Cc1nnc(-c2ccc(Cl)cc2)o1)C1CC1. The van der Waals surface area contributed by atoms with Gasteiger partial charge < -0.3 is 9.32 Å². The van der Waals surface area contributed by atoms with Gasteiger partial charge in [0, 0.05) is 27.6 Å².